The zero-order valence-corrected chi connectivity index (χ0v) is 12.0. The number of nitrogens with one attached hydrogen (secondary N) is 2. The Bertz CT molecular complexity index is 691. The Morgan fingerprint density at radius 3 is 2.41 bits per heavy atom. The molecule has 0 saturated carbocycles. The Labute approximate surface area is 130 Å². The predicted molar refractivity (Wildman–Crippen MR) is 80.4 cm³/mol. The minimum absolute atomic E-state index is 0.259. The van der Waals surface area contributed by atoms with Crippen LogP contribution in [-0.4, -0.2) is 17.1 Å². The lowest BCUT2D eigenvalue weighted by atomic mass is 10.1. The van der Waals surface area contributed by atoms with E-state index in [1.165, 1.54) is 18.2 Å². The molecule has 2 rings (SSSR count). The highest BCUT2D eigenvalue weighted by molar-refractivity contribution is 6.30. The standard InChI is InChI=1S/C15H12ClFN2O3/c16-10-2-1-3-12(8-10)18-15(22)19-13(14(20)21)9-4-6-11(17)7-5-9/h1-8,13H,(H,20,21)(H2,18,19,22). The van der Waals surface area contributed by atoms with Gasteiger partial charge < -0.3 is 15.7 Å². The number of benzene rings is 2. The fourth-order valence-electron chi connectivity index (χ4n) is 1.81. The molecule has 1 unspecified atom stereocenters. The molecular formula is C15H12ClFN2O3. The first kappa shape index (κ1) is 15.8. The van der Waals surface area contributed by atoms with Crippen LogP contribution in [0.2, 0.25) is 5.02 Å². The maximum absolute atomic E-state index is 12.9. The van der Waals surface area contributed by atoms with Gasteiger partial charge in [-0.05, 0) is 35.9 Å². The molecule has 114 valence electrons. The summed E-state index contributed by atoms with van der Waals surface area (Å²) in [6, 6.07) is 9.27. The molecule has 0 saturated heterocycles. The molecule has 0 radical (unpaired) electrons. The average Bonchev–Trinajstić information content (AvgIpc) is 2.45. The number of hydrogen-bond acceptors (Lipinski definition) is 2. The van der Waals surface area contributed by atoms with Crippen LogP contribution in [0.5, 0.6) is 0 Å². The number of halogens is 2. The van der Waals surface area contributed by atoms with Crippen molar-refractivity contribution in [2.75, 3.05) is 5.32 Å². The number of anilines is 1. The largest absolute Gasteiger partial charge is 0.479 e. The van der Waals surface area contributed by atoms with Crippen molar-refractivity contribution >= 4 is 29.3 Å². The van der Waals surface area contributed by atoms with E-state index in [0.29, 0.717) is 10.7 Å². The Morgan fingerprint density at radius 2 is 1.82 bits per heavy atom. The number of aliphatic carboxylic acids is 1. The SMILES string of the molecule is O=C(Nc1cccc(Cl)c1)NC(C(=O)O)c1ccc(F)cc1. The zero-order valence-electron chi connectivity index (χ0n) is 11.2. The number of urea groups is 1. The van der Waals surface area contributed by atoms with E-state index >= 15 is 0 Å². The van der Waals surface area contributed by atoms with Crippen LogP contribution in [0, 0.1) is 5.82 Å². The molecule has 0 fully saturated rings. The highest BCUT2D eigenvalue weighted by atomic mass is 35.5. The molecule has 0 aliphatic carbocycles. The first-order chi connectivity index (χ1) is 10.5. The summed E-state index contributed by atoms with van der Waals surface area (Å²) >= 11 is 5.79. The smallest absolute Gasteiger partial charge is 0.330 e. The number of amides is 2. The van der Waals surface area contributed by atoms with Gasteiger partial charge in [0.2, 0.25) is 0 Å². The van der Waals surface area contributed by atoms with Gasteiger partial charge in [-0.15, -0.1) is 0 Å². The van der Waals surface area contributed by atoms with Crippen LogP contribution in [0.3, 0.4) is 0 Å². The fraction of sp³-hybridized carbons (Fsp3) is 0.0667. The number of carbonyl (C=O) groups excluding carboxylic acids is 1. The van der Waals surface area contributed by atoms with Crippen molar-refractivity contribution in [1.29, 1.82) is 0 Å². The molecule has 0 aliphatic rings. The third-order valence-electron chi connectivity index (χ3n) is 2.81. The van der Waals surface area contributed by atoms with E-state index < -0.39 is 23.9 Å². The summed E-state index contributed by atoms with van der Waals surface area (Å²) in [5.74, 6) is -1.75. The summed E-state index contributed by atoms with van der Waals surface area (Å²) in [6.07, 6.45) is 0. The van der Waals surface area contributed by atoms with Crippen molar-refractivity contribution in [1.82, 2.24) is 5.32 Å². The molecule has 0 aliphatic heterocycles. The molecule has 0 bridgehead atoms. The summed E-state index contributed by atoms with van der Waals surface area (Å²) in [5, 5.41) is 14.4. The van der Waals surface area contributed by atoms with Crippen molar-refractivity contribution in [3.05, 3.63) is 64.9 Å². The third-order valence-corrected chi connectivity index (χ3v) is 3.04. The summed E-state index contributed by atoms with van der Waals surface area (Å²) in [4.78, 5) is 23.1. The van der Waals surface area contributed by atoms with E-state index in [-0.39, 0.29) is 5.56 Å². The van der Waals surface area contributed by atoms with E-state index in [1.807, 2.05) is 0 Å². The number of rotatable bonds is 4. The van der Waals surface area contributed by atoms with Crippen LogP contribution in [0.15, 0.2) is 48.5 Å². The van der Waals surface area contributed by atoms with Crippen molar-refractivity contribution < 1.29 is 19.1 Å². The highest BCUT2D eigenvalue weighted by Gasteiger charge is 2.22. The Kier molecular flexibility index (Phi) is 4.95. The molecule has 0 heterocycles. The molecular weight excluding hydrogens is 311 g/mol. The Morgan fingerprint density at radius 1 is 1.14 bits per heavy atom. The van der Waals surface area contributed by atoms with Crippen molar-refractivity contribution in [2.45, 2.75) is 6.04 Å². The maximum atomic E-state index is 12.9. The molecule has 2 aromatic rings. The van der Waals surface area contributed by atoms with Crippen molar-refractivity contribution in [3.8, 4) is 0 Å². The molecule has 2 aromatic carbocycles. The quantitative estimate of drug-likeness (QED) is 0.807. The van der Waals surface area contributed by atoms with Gasteiger partial charge in [0.05, 0.1) is 0 Å². The third kappa shape index (κ3) is 4.20. The van der Waals surface area contributed by atoms with Gasteiger partial charge in [-0.3, -0.25) is 0 Å². The molecule has 5 nitrogen and oxygen atoms in total. The van der Waals surface area contributed by atoms with E-state index in [2.05, 4.69) is 10.6 Å². The van der Waals surface area contributed by atoms with Crippen molar-refractivity contribution in [3.63, 3.8) is 0 Å². The van der Waals surface area contributed by atoms with Crippen LogP contribution >= 0.6 is 11.6 Å². The summed E-state index contributed by atoms with van der Waals surface area (Å²) < 4.78 is 12.9. The van der Waals surface area contributed by atoms with Gasteiger partial charge in [0.25, 0.3) is 0 Å². The summed E-state index contributed by atoms with van der Waals surface area (Å²) in [6.45, 7) is 0. The maximum Gasteiger partial charge on any atom is 0.330 e. The lowest BCUT2D eigenvalue weighted by Crippen LogP contribution is -2.36. The van der Waals surface area contributed by atoms with E-state index in [4.69, 9.17) is 11.6 Å². The lowest BCUT2D eigenvalue weighted by molar-refractivity contribution is -0.139. The second kappa shape index (κ2) is 6.91. The monoisotopic (exact) mass is 322 g/mol. The Balaban J connectivity index is 2.09. The van der Waals surface area contributed by atoms with E-state index in [9.17, 15) is 19.1 Å². The average molecular weight is 323 g/mol. The fourth-order valence-corrected chi connectivity index (χ4v) is 2.00. The van der Waals surface area contributed by atoms with Crippen molar-refractivity contribution in [2.24, 2.45) is 0 Å². The topological polar surface area (TPSA) is 78.4 Å². The molecule has 2 amide bonds. The number of hydrogen-bond donors (Lipinski definition) is 3. The van der Waals surface area contributed by atoms with E-state index in [1.54, 1.807) is 18.2 Å². The number of carboxylic acids is 1. The lowest BCUT2D eigenvalue weighted by Gasteiger charge is -2.15. The van der Waals surface area contributed by atoms with Crippen LogP contribution < -0.4 is 10.6 Å². The van der Waals surface area contributed by atoms with Gasteiger partial charge in [-0.25, -0.2) is 14.0 Å². The number of carbonyl (C=O) groups is 2. The molecule has 7 heteroatoms. The number of carboxylic acid groups (broad SMARTS) is 1. The molecule has 22 heavy (non-hydrogen) atoms. The molecule has 0 spiro atoms. The molecule has 0 aromatic heterocycles. The highest BCUT2D eigenvalue weighted by Crippen LogP contribution is 2.17. The summed E-state index contributed by atoms with van der Waals surface area (Å²) in [5.41, 5.74) is 0.684. The minimum atomic E-state index is -1.29. The minimum Gasteiger partial charge on any atom is -0.479 e. The molecule has 1 atom stereocenters. The first-order valence-electron chi connectivity index (χ1n) is 6.27. The van der Waals surface area contributed by atoms with Gasteiger partial charge in [-0.1, -0.05) is 29.8 Å². The van der Waals surface area contributed by atoms with Crippen LogP contribution in [0.1, 0.15) is 11.6 Å². The van der Waals surface area contributed by atoms with Crippen LogP contribution in [0.25, 0.3) is 0 Å². The van der Waals surface area contributed by atoms with Gasteiger partial charge in [0.1, 0.15) is 5.82 Å². The van der Waals surface area contributed by atoms with Gasteiger partial charge in [0.15, 0.2) is 6.04 Å². The predicted octanol–water partition coefficient (Wildman–Crippen LogP) is 3.43. The second-order valence-electron chi connectivity index (χ2n) is 4.43. The van der Waals surface area contributed by atoms with Crippen LogP contribution in [-0.2, 0) is 4.79 Å². The molecule has 3 N–H and O–H groups in total. The zero-order chi connectivity index (χ0) is 16.1. The normalized spacial score (nSPS) is 11.5. The van der Waals surface area contributed by atoms with E-state index in [0.717, 1.165) is 12.1 Å². The second-order valence-corrected chi connectivity index (χ2v) is 4.87. The van der Waals surface area contributed by atoms with Crippen LogP contribution in [0.4, 0.5) is 14.9 Å². The van der Waals surface area contributed by atoms with Gasteiger partial charge >= 0.3 is 12.0 Å². The summed E-state index contributed by atoms with van der Waals surface area (Å²) in [7, 11) is 0. The Hall–Kier alpha value is -2.60. The van der Waals surface area contributed by atoms with Gasteiger partial charge in [-0.2, -0.15) is 0 Å². The van der Waals surface area contributed by atoms with Gasteiger partial charge in [0, 0.05) is 10.7 Å². The first-order valence-corrected chi connectivity index (χ1v) is 6.65.